The molecule has 146 valence electrons. The number of hydrogen-bond donors (Lipinski definition) is 0. The lowest BCUT2D eigenvalue weighted by Crippen LogP contribution is -2.44. The van der Waals surface area contributed by atoms with Crippen LogP contribution in [0.3, 0.4) is 0 Å². The molecule has 0 saturated carbocycles. The van der Waals surface area contributed by atoms with E-state index in [9.17, 15) is 4.79 Å². The van der Waals surface area contributed by atoms with Gasteiger partial charge in [-0.05, 0) is 55.4 Å². The third-order valence-corrected chi connectivity index (χ3v) is 5.33. The van der Waals surface area contributed by atoms with E-state index in [0.29, 0.717) is 12.9 Å². The third-order valence-electron chi connectivity index (χ3n) is 5.33. The Morgan fingerprint density at radius 1 is 1.00 bits per heavy atom. The Morgan fingerprint density at radius 3 is 2.50 bits per heavy atom. The molecule has 0 radical (unpaired) electrons. The first kappa shape index (κ1) is 19.9. The molecule has 0 amide bonds. The molecule has 0 aromatic heterocycles. The third kappa shape index (κ3) is 4.02. The lowest BCUT2D eigenvalue weighted by atomic mass is 9.92. The Balaban J connectivity index is 1.86. The van der Waals surface area contributed by atoms with Crippen LogP contribution in [0.1, 0.15) is 24.0 Å². The van der Waals surface area contributed by atoms with Crippen LogP contribution in [0.15, 0.2) is 66.7 Å². The second kappa shape index (κ2) is 8.89. The van der Waals surface area contributed by atoms with E-state index in [1.54, 1.807) is 7.11 Å². The van der Waals surface area contributed by atoms with Crippen molar-refractivity contribution in [2.75, 3.05) is 21.2 Å². The van der Waals surface area contributed by atoms with Crippen LogP contribution in [0.5, 0.6) is 5.75 Å². The summed E-state index contributed by atoms with van der Waals surface area (Å²) >= 11 is 0. The zero-order valence-electron chi connectivity index (χ0n) is 16.7. The van der Waals surface area contributed by atoms with Crippen LogP contribution in [-0.2, 0) is 21.7 Å². The molecule has 0 fully saturated rings. The number of ether oxygens (including phenoxy) is 2. The minimum atomic E-state index is -0.832. The summed E-state index contributed by atoms with van der Waals surface area (Å²) in [6, 6.07) is 22.5. The lowest BCUT2D eigenvalue weighted by molar-refractivity contribution is -0.169. The minimum absolute atomic E-state index is 0.539. The van der Waals surface area contributed by atoms with Crippen molar-refractivity contribution in [3.8, 4) is 5.75 Å². The van der Waals surface area contributed by atoms with Crippen molar-refractivity contribution < 1.29 is 14.3 Å². The molecule has 0 saturated heterocycles. The normalized spacial score (nSPS) is 13.3. The maximum atomic E-state index is 11.4. The predicted molar refractivity (Wildman–Crippen MR) is 112 cm³/mol. The predicted octanol–water partition coefficient (Wildman–Crippen LogP) is 4.76. The number of rotatable bonds is 9. The molecular formula is C24H27NO3. The topological polar surface area (TPSA) is 38.8 Å². The van der Waals surface area contributed by atoms with E-state index in [1.807, 2.05) is 43.3 Å². The van der Waals surface area contributed by atoms with E-state index in [2.05, 4.69) is 42.5 Å². The van der Waals surface area contributed by atoms with E-state index < -0.39 is 5.72 Å². The molecule has 0 bridgehead atoms. The second-order valence-corrected chi connectivity index (χ2v) is 7.12. The van der Waals surface area contributed by atoms with Gasteiger partial charge in [-0.25, -0.2) is 0 Å². The van der Waals surface area contributed by atoms with Gasteiger partial charge in [-0.2, -0.15) is 0 Å². The minimum Gasteiger partial charge on any atom is -0.497 e. The number of benzene rings is 3. The van der Waals surface area contributed by atoms with Gasteiger partial charge in [0, 0.05) is 12.0 Å². The molecule has 1 unspecified atom stereocenters. The molecule has 4 nitrogen and oxygen atoms in total. The largest absolute Gasteiger partial charge is 0.497 e. The van der Waals surface area contributed by atoms with Gasteiger partial charge in [-0.3, -0.25) is 9.69 Å². The Morgan fingerprint density at radius 2 is 1.75 bits per heavy atom. The van der Waals surface area contributed by atoms with Crippen LogP contribution in [0, 0.1) is 0 Å². The molecular weight excluding hydrogens is 350 g/mol. The Labute approximate surface area is 166 Å². The van der Waals surface area contributed by atoms with Crippen molar-refractivity contribution in [1.82, 2.24) is 4.90 Å². The first-order valence-electron chi connectivity index (χ1n) is 9.51. The quantitative estimate of drug-likeness (QED) is 0.398. The molecule has 0 aliphatic carbocycles. The van der Waals surface area contributed by atoms with Gasteiger partial charge in [0.25, 0.3) is 6.47 Å². The Bertz CT molecular complexity index is 933. The number of aryl methyl sites for hydroxylation is 1. The number of fused-ring (bicyclic) bond motifs is 1. The molecule has 4 heteroatoms. The van der Waals surface area contributed by atoms with Crippen molar-refractivity contribution >= 4 is 17.2 Å². The Kier molecular flexibility index (Phi) is 6.32. The van der Waals surface area contributed by atoms with E-state index in [1.165, 1.54) is 16.3 Å². The number of carbonyl (C=O) groups excluding carboxylic acids is 1. The molecule has 0 spiro atoms. The zero-order chi connectivity index (χ0) is 20.0. The van der Waals surface area contributed by atoms with Gasteiger partial charge in [-0.1, -0.05) is 54.6 Å². The summed E-state index contributed by atoms with van der Waals surface area (Å²) in [6.07, 6.45) is 2.45. The smallest absolute Gasteiger partial charge is 0.295 e. The second-order valence-electron chi connectivity index (χ2n) is 7.12. The average molecular weight is 377 g/mol. The molecule has 0 aliphatic heterocycles. The van der Waals surface area contributed by atoms with E-state index in [-0.39, 0.29) is 0 Å². The summed E-state index contributed by atoms with van der Waals surface area (Å²) in [5.41, 5.74) is 1.38. The van der Waals surface area contributed by atoms with Crippen molar-refractivity contribution in [3.63, 3.8) is 0 Å². The van der Waals surface area contributed by atoms with Gasteiger partial charge in [0.05, 0.1) is 7.11 Å². The van der Waals surface area contributed by atoms with Gasteiger partial charge in [0.2, 0.25) is 0 Å². The molecule has 0 N–H and O–H groups in total. The van der Waals surface area contributed by atoms with E-state index >= 15 is 0 Å². The summed E-state index contributed by atoms with van der Waals surface area (Å²) in [4.78, 5) is 13.3. The van der Waals surface area contributed by atoms with E-state index in [0.717, 1.165) is 24.2 Å². The van der Waals surface area contributed by atoms with Gasteiger partial charge in [0.1, 0.15) is 5.75 Å². The molecule has 0 aliphatic rings. The van der Waals surface area contributed by atoms with Gasteiger partial charge in [-0.15, -0.1) is 0 Å². The molecule has 0 heterocycles. The van der Waals surface area contributed by atoms with Crippen molar-refractivity contribution in [2.24, 2.45) is 0 Å². The van der Waals surface area contributed by atoms with Gasteiger partial charge < -0.3 is 9.47 Å². The number of carbonyl (C=O) groups is 1. The zero-order valence-corrected chi connectivity index (χ0v) is 16.7. The first-order chi connectivity index (χ1) is 13.6. The maximum Gasteiger partial charge on any atom is 0.295 e. The summed E-state index contributed by atoms with van der Waals surface area (Å²) in [5, 5.41) is 2.52. The average Bonchev–Trinajstić information content (AvgIpc) is 2.73. The lowest BCUT2D eigenvalue weighted by Gasteiger charge is -2.38. The van der Waals surface area contributed by atoms with Crippen molar-refractivity contribution in [3.05, 3.63) is 77.9 Å². The SMILES string of the molecule is COc1cccc(C(CCCc2cccc3ccccc23)(OC=O)N(C)C)c1. The molecule has 3 aromatic carbocycles. The number of methoxy groups -OCH3 is 1. The van der Waals surface area contributed by atoms with Crippen LogP contribution in [-0.4, -0.2) is 32.6 Å². The van der Waals surface area contributed by atoms with Crippen LogP contribution in [0.25, 0.3) is 10.8 Å². The van der Waals surface area contributed by atoms with Gasteiger partial charge >= 0.3 is 0 Å². The molecule has 3 rings (SSSR count). The molecule has 1 atom stereocenters. The monoisotopic (exact) mass is 377 g/mol. The molecule has 28 heavy (non-hydrogen) atoms. The van der Waals surface area contributed by atoms with Gasteiger partial charge in [0.15, 0.2) is 5.72 Å². The summed E-state index contributed by atoms with van der Waals surface area (Å²) in [7, 11) is 5.50. The van der Waals surface area contributed by atoms with E-state index in [4.69, 9.17) is 9.47 Å². The Hall–Kier alpha value is -2.85. The highest BCUT2D eigenvalue weighted by Crippen LogP contribution is 2.35. The number of nitrogens with zero attached hydrogens (tertiary/aromatic N) is 1. The summed E-state index contributed by atoms with van der Waals surface area (Å²) in [5.74, 6) is 0.743. The van der Waals surface area contributed by atoms with Crippen molar-refractivity contribution in [2.45, 2.75) is 25.0 Å². The van der Waals surface area contributed by atoms with Crippen LogP contribution in [0.2, 0.25) is 0 Å². The fourth-order valence-electron chi connectivity index (χ4n) is 3.83. The summed E-state index contributed by atoms with van der Waals surface area (Å²) in [6.45, 7) is 0.539. The fraction of sp³-hybridized carbons (Fsp3) is 0.292. The maximum absolute atomic E-state index is 11.4. The summed E-state index contributed by atoms with van der Waals surface area (Å²) < 4.78 is 11.1. The molecule has 3 aromatic rings. The highest BCUT2D eigenvalue weighted by Gasteiger charge is 2.36. The van der Waals surface area contributed by atoms with Crippen LogP contribution < -0.4 is 4.74 Å². The fourth-order valence-corrected chi connectivity index (χ4v) is 3.83. The highest BCUT2D eigenvalue weighted by atomic mass is 16.6. The van der Waals surface area contributed by atoms with Crippen molar-refractivity contribution in [1.29, 1.82) is 0 Å². The van der Waals surface area contributed by atoms with Crippen LogP contribution in [0.4, 0.5) is 0 Å². The highest BCUT2D eigenvalue weighted by molar-refractivity contribution is 5.85. The van der Waals surface area contributed by atoms with Crippen LogP contribution >= 0.6 is 0 Å². The number of hydrogen-bond acceptors (Lipinski definition) is 4. The first-order valence-corrected chi connectivity index (χ1v) is 9.51. The standard InChI is InChI=1S/C24H27NO3/c1-25(2)24(28-18-26,21-13-7-14-22(17-21)27-3)16-8-12-20-11-6-10-19-9-4-5-15-23(19)20/h4-7,9-11,13-15,17-18H,8,12,16H2,1-3H3.